The maximum absolute atomic E-state index is 10.8. The highest BCUT2D eigenvalue weighted by Gasteiger charge is 2.16. The Morgan fingerprint density at radius 2 is 2.04 bits per heavy atom. The van der Waals surface area contributed by atoms with Gasteiger partial charge in [-0.3, -0.25) is 4.79 Å². The van der Waals surface area contributed by atoms with Crippen molar-refractivity contribution in [3.05, 3.63) is 59.4 Å². The van der Waals surface area contributed by atoms with Gasteiger partial charge in [0, 0.05) is 0 Å². The molecule has 1 aromatic heterocycles. The van der Waals surface area contributed by atoms with Gasteiger partial charge in [-0.2, -0.15) is 0 Å². The molecule has 1 heterocycles. The molecule has 5 nitrogen and oxygen atoms in total. The largest absolute Gasteiger partial charge is 0.491 e. The van der Waals surface area contributed by atoms with Gasteiger partial charge in [-0.15, -0.1) is 0 Å². The van der Waals surface area contributed by atoms with Crippen LogP contribution in [0.5, 0.6) is 5.75 Å². The van der Waals surface area contributed by atoms with Crippen LogP contribution in [0.25, 0.3) is 11.0 Å². The minimum atomic E-state index is -0.161. The molecule has 3 aromatic rings. The fraction of sp³-hybridized carbons (Fsp3) is 0.300. The van der Waals surface area contributed by atoms with E-state index in [-0.39, 0.29) is 6.04 Å². The molecule has 0 saturated carbocycles. The molecule has 5 heteroatoms. The summed E-state index contributed by atoms with van der Waals surface area (Å²) in [6.45, 7) is 7.24. The van der Waals surface area contributed by atoms with Crippen LogP contribution in [0.3, 0.4) is 0 Å². The summed E-state index contributed by atoms with van der Waals surface area (Å²) in [7, 11) is 0. The topological polar surface area (TPSA) is 56.1 Å². The average Bonchev–Trinajstić information content (AvgIpc) is 2.96. The number of carbonyl (C=O) groups excluding carboxylic acids is 1. The lowest BCUT2D eigenvalue weighted by Crippen LogP contribution is -2.22. The Morgan fingerprint density at radius 3 is 2.80 bits per heavy atom. The van der Waals surface area contributed by atoms with E-state index < -0.39 is 0 Å². The van der Waals surface area contributed by atoms with E-state index in [4.69, 9.17) is 4.74 Å². The smallest absolute Gasteiger partial charge is 0.207 e. The van der Waals surface area contributed by atoms with E-state index >= 15 is 0 Å². The second kappa shape index (κ2) is 7.38. The van der Waals surface area contributed by atoms with Crippen molar-refractivity contribution in [1.82, 2.24) is 14.9 Å². The van der Waals surface area contributed by atoms with Gasteiger partial charge in [0.25, 0.3) is 0 Å². The minimum Gasteiger partial charge on any atom is -0.491 e. The highest BCUT2D eigenvalue weighted by Crippen LogP contribution is 2.22. The molecular formula is C20H23N3O2. The molecule has 0 aliphatic rings. The molecule has 0 aliphatic carbocycles. The Labute approximate surface area is 147 Å². The molecule has 0 aliphatic heterocycles. The number of nitrogens with one attached hydrogen (secondary N) is 1. The third kappa shape index (κ3) is 3.65. The maximum atomic E-state index is 10.8. The summed E-state index contributed by atoms with van der Waals surface area (Å²) in [5.74, 6) is 1.73. The number of benzene rings is 2. The second-order valence-corrected chi connectivity index (χ2v) is 6.23. The Kier molecular flexibility index (Phi) is 5.03. The van der Waals surface area contributed by atoms with Crippen molar-refractivity contribution in [1.29, 1.82) is 0 Å². The van der Waals surface area contributed by atoms with Gasteiger partial charge in [-0.25, -0.2) is 4.98 Å². The number of imidazole rings is 1. The van der Waals surface area contributed by atoms with Gasteiger partial charge in [0.1, 0.15) is 18.2 Å². The van der Waals surface area contributed by atoms with E-state index in [0.29, 0.717) is 19.6 Å². The van der Waals surface area contributed by atoms with E-state index in [1.807, 2.05) is 37.3 Å². The fourth-order valence-corrected chi connectivity index (χ4v) is 3.04. The van der Waals surface area contributed by atoms with Crippen LogP contribution in [-0.4, -0.2) is 22.6 Å². The standard InChI is InChI=1S/C20H23N3O2/c1-14-8-9-19(15(2)12-14)25-11-10-23-18-7-5-4-6-17(18)22-20(23)16(3)21-13-24/h4-9,12-13,16H,10-11H2,1-3H3,(H,21,24)/t16-/m1/s1. The zero-order chi connectivity index (χ0) is 17.8. The molecule has 0 saturated heterocycles. The molecule has 0 spiro atoms. The first kappa shape index (κ1) is 17.0. The number of amides is 1. The zero-order valence-corrected chi connectivity index (χ0v) is 14.8. The predicted molar refractivity (Wildman–Crippen MR) is 98.8 cm³/mol. The Hall–Kier alpha value is -2.82. The average molecular weight is 337 g/mol. The van der Waals surface area contributed by atoms with E-state index in [2.05, 4.69) is 40.8 Å². The van der Waals surface area contributed by atoms with Gasteiger partial charge in [0.2, 0.25) is 6.41 Å². The molecule has 1 atom stereocenters. The van der Waals surface area contributed by atoms with Crippen LogP contribution >= 0.6 is 0 Å². The Morgan fingerprint density at radius 1 is 1.24 bits per heavy atom. The number of aromatic nitrogens is 2. The molecule has 130 valence electrons. The molecule has 0 radical (unpaired) electrons. The van der Waals surface area contributed by atoms with Gasteiger partial charge in [0.05, 0.1) is 23.6 Å². The summed E-state index contributed by atoms with van der Waals surface area (Å²) >= 11 is 0. The first-order valence-corrected chi connectivity index (χ1v) is 8.45. The maximum Gasteiger partial charge on any atom is 0.207 e. The number of nitrogens with zero attached hydrogens (tertiary/aromatic N) is 2. The third-order valence-electron chi connectivity index (χ3n) is 4.29. The highest BCUT2D eigenvalue weighted by atomic mass is 16.5. The Bertz CT molecular complexity index is 886. The van der Waals surface area contributed by atoms with Crippen LogP contribution in [0.4, 0.5) is 0 Å². The molecule has 0 bridgehead atoms. The van der Waals surface area contributed by atoms with Gasteiger partial charge in [-0.05, 0) is 44.5 Å². The van der Waals surface area contributed by atoms with Crippen molar-refractivity contribution in [2.24, 2.45) is 0 Å². The van der Waals surface area contributed by atoms with Gasteiger partial charge in [-0.1, -0.05) is 29.8 Å². The molecule has 1 N–H and O–H groups in total. The van der Waals surface area contributed by atoms with Crippen molar-refractivity contribution >= 4 is 17.4 Å². The summed E-state index contributed by atoms with van der Waals surface area (Å²) in [6, 6.07) is 14.0. The second-order valence-electron chi connectivity index (χ2n) is 6.23. The van der Waals surface area contributed by atoms with E-state index in [1.165, 1.54) is 5.56 Å². The number of hydrogen-bond donors (Lipinski definition) is 1. The van der Waals surface area contributed by atoms with Crippen molar-refractivity contribution < 1.29 is 9.53 Å². The summed E-state index contributed by atoms with van der Waals surface area (Å²) in [4.78, 5) is 15.5. The normalized spacial score (nSPS) is 12.1. The minimum absolute atomic E-state index is 0.161. The van der Waals surface area contributed by atoms with E-state index in [9.17, 15) is 4.79 Å². The molecule has 0 unspecified atom stereocenters. The lowest BCUT2D eigenvalue weighted by Gasteiger charge is -2.15. The van der Waals surface area contributed by atoms with Crippen molar-refractivity contribution in [3.63, 3.8) is 0 Å². The SMILES string of the molecule is Cc1ccc(OCCn2c([C@@H](C)NC=O)nc3ccccc32)c(C)c1. The van der Waals surface area contributed by atoms with Crippen LogP contribution in [-0.2, 0) is 11.3 Å². The van der Waals surface area contributed by atoms with Crippen LogP contribution in [0.2, 0.25) is 0 Å². The summed E-state index contributed by atoms with van der Waals surface area (Å²) in [5.41, 5.74) is 4.32. The Balaban J connectivity index is 1.82. The van der Waals surface area contributed by atoms with Crippen LogP contribution in [0.1, 0.15) is 29.9 Å². The third-order valence-corrected chi connectivity index (χ3v) is 4.29. The molecule has 1 amide bonds. The van der Waals surface area contributed by atoms with Crippen LogP contribution < -0.4 is 10.1 Å². The van der Waals surface area contributed by atoms with Gasteiger partial charge in [0.15, 0.2) is 0 Å². The lowest BCUT2D eigenvalue weighted by atomic mass is 10.1. The molecule has 25 heavy (non-hydrogen) atoms. The zero-order valence-electron chi connectivity index (χ0n) is 14.8. The van der Waals surface area contributed by atoms with Crippen molar-refractivity contribution in [2.45, 2.75) is 33.4 Å². The quantitative estimate of drug-likeness (QED) is 0.671. The van der Waals surface area contributed by atoms with Crippen LogP contribution in [0, 0.1) is 13.8 Å². The number of hydrogen-bond acceptors (Lipinski definition) is 3. The number of carbonyl (C=O) groups is 1. The monoisotopic (exact) mass is 337 g/mol. The van der Waals surface area contributed by atoms with Crippen molar-refractivity contribution in [3.8, 4) is 5.75 Å². The fourth-order valence-electron chi connectivity index (χ4n) is 3.04. The number of fused-ring (bicyclic) bond motifs is 1. The predicted octanol–water partition coefficient (Wildman–Crippen LogP) is 3.54. The highest BCUT2D eigenvalue weighted by molar-refractivity contribution is 5.76. The summed E-state index contributed by atoms with van der Waals surface area (Å²) < 4.78 is 8.08. The van der Waals surface area contributed by atoms with Crippen LogP contribution in [0.15, 0.2) is 42.5 Å². The van der Waals surface area contributed by atoms with Gasteiger partial charge < -0.3 is 14.6 Å². The number of para-hydroxylation sites is 2. The molecular weight excluding hydrogens is 314 g/mol. The number of rotatable bonds is 7. The van der Waals surface area contributed by atoms with E-state index in [0.717, 1.165) is 28.2 Å². The van der Waals surface area contributed by atoms with E-state index in [1.54, 1.807) is 0 Å². The molecule has 2 aromatic carbocycles. The first-order valence-electron chi connectivity index (χ1n) is 8.45. The number of ether oxygens (including phenoxy) is 1. The van der Waals surface area contributed by atoms with Crippen molar-refractivity contribution in [2.75, 3.05) is 6.61 Å². The van der Waals surface area contributed by atoms with Gasteiger partial charge >= 0.3 is 0 Å². The summed E-state index contributed by atoms with van der Waals surface area (Å²) in [5, 5.41) is 2.78. The lowest BCUT2D eigenvalue weighted by molar-refractivity contribution is -0.110. The number of aryl methyl sites for hydroxylation is 2. The first-order chi connectivity index (χ1) is 12.1. The molecule has 3 rings (SSSR count). The summed E-state index contributed by atoms with van der Waals surface area (Å²) in [6.07, 6.45) is 0.709. The molecule has 0 fully saturated rings.